The topological polar surface area (TPSA) is 17.8 Å². The lowest BCUT2D eigenvalue weighted by atomic mass is 10.2. The summed E-state index contributed by atoms with van der Waals surface area (Å²) < 4.78 is 1.94. The van der Waals surface area contributed by atoms with Crippen LogP contribution in [0.4, 0.5) is 0 Å². The third kappa shape index (κ3) is 1.77. The molecule has 1 heterocycles. The second-order valence-corrected chi connectivity index (χ2v) is 3.80. The Morgan fingerprint density at radius 1 is 1.20 bits per heavy atom. The molecule has 78 valence electrons. The molecule has 1 aromatic heterocycles. The van der Waals surface area contributed by atoms with Gasteiger partial charge in [-0.3, -0.25) is 0 Å². The van der Waals surface area contributed by atoms with Crippen LogP contribution in [0.3, 0.4) is 0 Å². The molecular formula is C12H13ClN2. The summed E-state index contributed by atoms with van der Waals surface area (Å²) in [6.07, 6.45) is 0. The molecule has 0 bridgehead atoms. The van der Waals surface area contributed by atoms with Crippen molar-refractivity contribution in [1.29, 1.82) is 0 Å². The van der Waals surface area contributed by atoms with Crippen LogP contribution >= 0.6 is 11.6 Å². The number of hydrogen-bond donors (Lipinski definition) is 0. The van der Waals surface area contributed by atoms with Crippen molar-refractivity contribution in [2.24, 2.45) is 0 Å². The summed E-state index contributed by atoms with van der Waals surface area (Å²) in [6, 6.07) is 10.1. The van der Waals surface area contributed by atoms with E-state index in [2.05, 4.69) is 5.10 Å². The molecule has 2 aromatic rings. The molecule has 0 unspecified atom stereocenters. The zero-order chi connectivity index (χ0) is 10.8. The van der Waals surface area contributed by atoms with Gasteiger partial charge in [0.25, 0.3) is 0 Å². The van der Waals surface area contributed by atoms with Gasteiger partial charge in [0.15, 0.2) is 0 Å². The fourth-order valence-electron chi connectivity index (χ4n) is 1.69. The first kappa shape index (κ1) is 10.2. The van der Waals surface area contributed by atoms with Gasteiger partial charge in [0.05, 0.1) is 17.3 Å². The molecule has 1 aromatic carbocycles. The number of nitrogens with zero attached hydrogens (tertiary/aromatic N) is 2. The molecule has 0 spiro atoms. The van der Waals surface area contributed by atoms with Crippen LogP contribution in [0.15, 0.2) is 30.3 Å². The maximum Gasteiger partial charge on any atom is 0.0648 e. The van der Waals surface area contributed by atoms with Crippen LogP contribution in [0.5, 0.6) is 0 Å². The minimum Gasteiger partial charge on any atom is -0.238 e. The van der Waals surface area contributed by atoms with Crippen molar-refractivity contribution >= 4 is 11.6 Å². The van der Waals surface area contributed by atoms with E-state index in [-0.39, 0.29) is 0 Å². The number of rotatable bonds is 2. The fourth-order valence-corrected chi connectivity index (χ4v) is 2.08. The molecule has 15 heavy (non-hydrogen) atoms. The Morgan fingerprint density at radius 2 is 1.87 bits per heavy atom. The van der Waals surface area contributed by atoms with E-state index in [1.54, 1.807) is 0 Å². The van der Waals surface area contributed by atoms with Gasteiger partial charge in [-0.1, -0.05) is 18.2 Å². The van der Waals surface area contributed by atoms with Gasteiger partial charge in [0, 0.05) is 11.3 Å². The molecule has 0 amide bonds. The van der Waals surface area contributed by atoms with E-state index in [1.165, 1.54) is 0 Å². The number of alkyl halides is 1. The maximum absolute atomic E-state index is 5.88. The number of hydrogen-bond acceptors (Lipinski definition) is 1. The predicted molar refractivity (Wildman–Crippen MR) is 62.6 cm³/mol. The molecule has 0 aliphatic rings. The minimum atomic E-state index is 0.518. The smallest absolute Gasteiger partial charge is 0.0648 e. The Kier molecular flexibility index (Phi) is 2.78. The maximum atomic E-state index is 5.88. The van der Waals surface area contributed by atoms with Gasteiger partial charge in [-0.05, 0) is 26.0 Å². The van der Waals surface area contributed by atoms with Crippen LogP contribution in [0.25, 0.3) is 5.69 Å². The van der Waals surface area contributed by atoms with Gasteiger partial charge in [-0.2, -0.15) is 5.10 Å². The normalized spacial score (nSPS) is 10.6. The number of aryl methyl sites for hydroxylation is 1. The van der Waals surface area contributed by atoms with Gasteiger partial charge >= 0.3 is 0 Å². The fraction of sp³-hybridized carbons (Fsp3) is 0.250. The lowest BCUT2D eigenvalue weighted by Gasteiger charge is -2.03. The van der Waals surface area contributed by atoms with Gasteiger partial charge < -0.3 is 0 Å². The summed E-state index contributed by atoms with van der Waals surface area (Å²) in [5.41, 5.74) is 4.33. The van der Waals surface area contributed by atoms with Gasteiger partial charge in [0.1, 0.15) is 0 Å². The van der Waals surface area contributed by atoms with Gasteiger partial charge in [-0.15, -0.1) is 11.6 Å². The van der Waals surface area contributed by atoms with E-state index in [9.17, 15) is 0 Å². The number of halogens is 1. The van der Waals surface area contributed by atoms with E-state index in [1.807, 2.05) is 48.9 Å². The molecule has 2 rings (SSSR count). The van der Waals surface area contributed by atoms with Crippen LogP contribution in [-0.4, -0.2) is 9.78 Å². The number of aromatic nitrogens is 2. The van der Waals surface area contributed by atoms with Crippen molar-refractivity contribution in [1.82, 2.24) is 9.78 Å². The summed E-state index contributed by atoms with van der Waals surface area (Å²) >= 11 is 5.88. The quantitative estimate of drug-likeness (QED) is 0.711. The number of benzene rings is 1. The Balaban J connectivity index is 2.55. The van der Waals surface area contributed by atoms with E-state index in [0.29, 0.717) is 5.88 Å². The highest BCUT2D eigenvalue weighted by Crippen LogP contribution is 2.18. The molecule has 0 aliphatic heterocycles. The molecule has 0 aliphatic carbocycles. The van der Waals surface area contributed by atoms with E-state index >= 15 is 0 Å². The van der Waals surface area contributed by atoms with Crippen LogP contribution in [0, 0.1) is 13.8 Å². The average Bonchev–Trinajstić information content (AvgIpc) is 2.55. The minimum absolute atomic E-state index is 0.518. The number of para-hydroxylation sites is 1. The molecule has 0 N–H and O–H groups in total. The van der Waals surface area contributed by atoms with Crippen molar-refractivity contribution in [2.45, 2.75) is 19.7 Å². The lowest BCUT2D eigenvalue weighted by Crippen LogP contribution is -1.98. The monoisotopic (exact) mass is 220 g/mol. The summed E-state index contributed by atoms with van der Waals surface area (Å²) in [5.74, 6) is 0.518. The van der Waals surface area contributed by atoms with Crippen LogP contribution in [0.2, 0.25) is 0 Å². The molecule has 0 saturated heterocycles. The summed E-state index contributed by atoms with van der Waals surface area (Å²) in [7, 11) is 0. The summed E-state index contributed by atoms with van der Waals surface area (Å²) in [6.45, 7) is 4.04. The largest absolute Gasteiger partial charge is 0.238 e. The highest BCUT2D eigenvalue weighted by Gasteiger charge is 2.10. The molecule has 0 atom stereocenters. The Bertz CT molecular complexity index is 460. The molecular weight excluding hydrogens is 208 g/mol. The third-order valence-electron chi connectivity index (χ3n) is 2.58. The third-order valence-corrected chi connectivity index (χ3v) is 2.84. The van der Waals surface area contributed by atoms with E-state index < -0.39 is 0 Å². The molecule has 0 fully saturated rings. The lowest BCUT2D eigenvalue weighted by molar-refractivity contribution is 0.833. The second kappa shape index (κ2) is 4.07. The Hall–Kier alpha value is -1.28. The van der Waals surface area contributed by atoms with Crippen LogP contribution in [-0.2, 0) is 5.88 Å². The molecule has 0 saturated carbocycles. The summed E-state index contributed by atoms with van der Waals surface area (Å²) in [4.78, 5) is 0. The van der Waals surface area contributed by atoms with Crippen molar-refractivity contribution in [3.63, 3.8) is 0 Å². The predicted octanol–water partition coefficient (Wildman–Crippen LogP) is 3.23. The highest BCUT2D eigenvalue weighted by molar-refractivity contribution is 6.17. The zero-order valence-electron chi connectivity index (χ0n) is 8.87. The van der Waals surface area contributed by atoms with E-state index in [0.717, 1.165) is 22.6 Å². The second-order valence-electron chi connectivity index (χ2n) is 3.53. The first-order valence-electron chi connectivity index (χ1n) is 4.90. The highest BCUT2D eigenvalue weighted by atomic mass is 35.5. The molecule has 2 nitrogen and oxygen atoms in total. The Morgan fingerprint density at radius 3 is 2.40 bits per heavy atom. The van der Waals surface area contributed by atoms with Crippen molar-refractivity contribution in [3.05, 3.63) is 47.3 Å². The molecule has 0 radical (unpaired) electrons. The van der Waals surface area contributed by atoms with Gasteiger partial charge in [0.2, 0.25) is 0 Å². The standard InChI is InChI=1S/C12H13ClN2/c1-9-12(8-13)10(2)15(14-9)11-6-4-3-5-7-11/h3-7H,8H2,1-2H3. The van der Waals surface area contributed by atoms with E-state index in [4.69, 9.17) is 11.6 Å². The SMILES string of the molecule is Cc1nn(-c2ccccc2)c(C)c1CCl. The van der Waals surface area contributed by atoms with Crippen LogP contribution in [0.1, 0.15) is 17.0 Å². The zero-order valence-corrected chi connectivity index (χ0v) is 9.62. The first-order chi connectivity index (χ1) is 7.24. The Labute approximate surface area is 94.5 Å². The average molecular weight is 221 g/mol. The van der Waals surface area contributed by atoms with Crippen molar-refractivity contribution in [3.8, 4) is 5.69 Å². The van der Waals surface area contributed by atoms with Crippen molar-refractivity contribution < 1.29 is 0 Å². The first-order valence-corrected chi connectivity index (χ1v) is 5.44. The van der Waals surface area contributed by atoms with Crippen LogP contribution < -0.4 is 0 Å². The molecule has 3 heteroatoms. The van der Waals surface area contributed by atoms with Crippen molar-refractivity contribution in [2.75, 3.05) is 0 Å². The van der Waals surface area contributed by atoms with Gasteiger partial charge in [-0.25, -0.2) is 4.68 Å². The summed E-state index contributed by atoms with van der Waals surface area (Å²) in [5, 5.41) is 4.48.